The molecule has 7 heteroatoms. The van der Waals surface area contributed by atoms with Crippen molar-refractivity contribution >= 4 is 34.9 Å². The molecule has 0 aliphatic heterocycles. The minimum Gasteiger partial charge on any atom is -0.489 e. The fourth-order valence-corrected chi connectivity index (χ4v) is 3.73. The molecule has 33 heavy (non-hydrogen) atoms. The molecule has 4 rings (SSSR count). The molecular weight excluding hydrogens is 457 g/mol. The molecule has 1 amide bonds. The van der Waals surface area contributed by atoms with Gasteiger partial charge in [0, 0.05) is 16.8 Å². The third-order valence-corrected chi connectivity index (χ3v) is 6.04. The summed E-state index contributed by atoms with van der Waals surface area (Å²) in [5, 5.41) is 8.32. The molecule has 1 N–H and O–H groups in total. The topological polar surface area (TPSA) is 56.1 Å². The highest BCUT2D eigenvalue weighted by Gasteiger charge is 2.13. The molecule has 0 unspecified atom stereocenters. The molecule has 1 aromatic heterocycles. The predicted octanol–water partition coefficient (Wildman–Crippen LogP) is 6.69. The number of rotatable bonds is 7. The lowest BCUT2D eigenvalue weighted by atomic mass is 10.1. The number of ether oxygens (including phenoxy) is 1. The summed E-state index contributed by atoms with van der Waals surface area (Å²) in [5.41, 5.74) is 4.50. The molecule has 0 atom stereocenters. The Morgan fingerprint density at radius 1 is 0.970 bits per heavy atom. The van der Waals surface area contributed by atoms with Crippen LogP contribution in [0.25, 0.3) is 0 Å². The summed E-state index contributed by atoms with van der Waals surface area (Å²) >= 11 is 12.5. The zero-order chi connectivity index (χ0) is 23.4. The maximum absolute atomic E-state index is 12.7. The van der Waals surface area contributed by atoms with E-state index in [0.717, 1.165) is 33.0 Å². The number of halogens is 2. The van der Waals surface area contributed by atoms with Gasteiger partial charge in [0.1, 0.15) is 17.4 Å². The van der Waals surface area contributed by atoms with E-state index < -0.39 is 0 Å². The molecule has 0 saturated carbocycles. The molecule has 0 aliphatic carbocycles. The van der Waals surface area contributed by atoms with Crippen LogP contribution in [-0.2, 0) is 13.2 Å². The van der Waals surface area contributed by atoms with E-state index in [4.69, 9.17) is 27.9 Å². The highest BCUT2D eigenvalue weighted by Crippen LogP contribution is 2.26. The molecule has 0 radical (unpaired) electrons. The number of hydrogen-bond donors (Lipinski definition) is 1. The first-order chi connectivity index (χ1) is 15.9. The largest absolute Gasteiger partial charge is 0.489 e. The maximum atomic E-state index is 12.7. The summed E-state index contributed by atoms with van der Waals surface area (Å²) in [6, 6.07) is 21.0. The summed E-state index contributed by atoms with van der Waals surface area (Å²) in [4.78, 5) is 12.7. The van der Waals surface area contributed by atoms with Gasteiger partial charge in [0.15, 0.2) is 5.82 Å². The third kappa shape index (κ3) is 5.75. The molecule has 0 bridgehead atoms. The van der Waals surface area contributed by atoms with Crippen molar-refractivity contribution in [1.29, 1.82) is 0 Å². The molecule has 0 fully saturated rings. The fourth-order valence-electron chi connectivity index (χ4n) is 3.42. The van der Waals surface area contributed by atoms with Gasteiger partial charge >= 0.3 is 0 Å². The zero-order valence-corrected chi connectivity index (χ0v) is 19.8. The summed E-state index contributed by atoms with van der Waals surface area (Å²) < 4.78 is 7.58. The summed E-state index contributed by atoms with van der Waals surface area (Å²) in [6.45, 7) is 4.86. The highest BCUT2D eigenvalue weighted by atomic mass is 35.5. The number of nitrogens with zero attached hydrogens (tertiary/aromatic N) is 2. The first-order valence-corrected chi connectivity index (χ1v) is 11.2. The van der Waals surface area contributed by atoms with Crippen LogP contribution in [-0.4, -0.2) is 15.7 Å². The molecule has 0 aliphatic rings. The molecule has 0 saturated heterocycles. The first-order valence-electron chi connectivity index (χ1n) is 10.5. The zero-order valence-electron chi connectivity index (χ0n) is 18.3. The normalized spacial score (nSPS) is 10.8. The van der Waals surface area contributed by atoms with Crippen molar-refractivity contribution in [3.8, 4) is 5.75 Å². The number of carbonyl (C=O) groups excluding carboxylic acids is 1. The monoisotopic (exact) mass is 479 g/mol. The van der Waals surface area contributed by atoms with Crippen LogP contribution in [0.1, 0.15) is 32.6 Å². The van der Waals surface area contributed by atoms with Gasteiger partial charge in [0.25, 0.3) is 5.91 Å². The Kier molecular flexibility index (Phi) is 7.02. The van der Waals surface area contributed by atoms with Crippen molar-refractivity contribution in [2.45, 2.75) is 27.0 Å². The molecular formula is C26H23Cl2N3O2. The van der Waals surface area contributed by atoms with E-state index in [2.05, 4.69) is 10.4 Å². The van der Waals surface area contributed by atoms with Crippen molar-refractivity contribution in [1.82, 2.24) is 9.78 Å². The summed E-state index contributed by atoms with van der Waals surface area (Å²) in [5.74, 6) is 0.814. The lowest BCUT2D eigenvalue weighted by Crippen LogP contribution is -2.13. The van der Waals surface area contributed by atoms with E-state index in [-0.39, 0.29) is 5.91 Å². The highest BCUT2D eigenvalue weighted by molar-refractivity contribution is 6.33. The van der Waals surface area contributed by atoms with Crippen LogP contribution in [0, 0.1) is 13.8 Å². The molecule has 5 nitrogen and oxygen atoms in total. The van der Waals surface area contributed by atoms with E-state index in [1.54, 1.807) is 23.0 Å². The number of aryl methyl sites for hydroxylation is 2. The average Bonchev–Trinajstić information content (AvgIpc) is 3.15. The van der Waals surface area contributed by atoms with Crippen molar-refractivity contribution in [3.63, 3.8) is 0 Å². The SMILES string of the molecule is Cc1cc(OCc2ccc(C(=O)Nc3nn(Cc4ccccc4)cc3Cl)cc2)cc(C)c1Cl. The second-order valence-electron chi connectivity index (χ2n) is 7.82. The molecule has 3 aromatic carbocycles. The smallest absolute Gasteiger partial charge is 0.256 e. The average molecular weight is 480 g/mol. The van der Waals surface area contributed by atoms with E-state index in [1.807, 2.05) is 68.4 Å². The van der Waals surface area contributed by atoms with Gasteiger partial charge in [-0.05, 0) is 60.4 Å². The standard InChI is InChI=1S/C26H23Cl2N3O2/c1-17-12-22(13-18(2)24(17)28)33-16-20-8-10-21(11-9-20)26(32)29-25-23(27)15-31(30-25)14-19-6-4-3-5-7-19/h3-13,15H,14,16H2,1-2H3,(H,29,30,32). The Hall–Kier alpha value is -3.28. The Bertz CT molecular complexity index is 1250. The molecule has 1 heterocycles. The van der Waals surface area contributed by atoms with Gasteiger partial charge in [-0.2, -0.15) is 5.10 Å². The third-order valence-electron chi connectivity index (χ3n) is 5.17. The van der Waals surface area contributed by atoms with Crippen molar-refractivity contribution in [2.75, 3.05) is 5.32 Å². The van der Waals surface area contributed by atoms with Crippen LogP contribution < -0.4 is 10.1 Å². The molecule has 0 spiro atoms. The summed E-state index contributed by atoms with van der Waals surface area (Å²) in [7, 11) is 0. The quantitative estimate of drug-likeness (QED) is 0.321. The predicted molar refractivity (Wildman–Crippen MR) is 132 cm³/mol. The van der Waals surface area contributed by atoms with E-state index in [0.29, 0.717) is 29.6 Å². The first kappa shape index (κ1) is 22.9. The van der Waals surface area contributed by atoms with E-state index in [1.165, 1.54) is 0 Å². The van der Waals surface area contributed by atoms with E-state index >= 15 is 0 Å². The summed E-state index contributed by atoms with van der Waals surface area (Å²) in [6.07, 6.45) is 1.70. The number of aromatic nitrogens is 2. The minimum absolute atomic E-state index is 0.279. The Labute approximate surface area is 202 Å². The van der Waals surface area contributed by atoms with Crippen molar-refractivity contribution < 1.29 is 9.53 Å². The van der Waals surface area contributed by atoms with Gasteiger partial charge in [-0.1, -0.05) is 65.7 Å². The fraction of sp³-hybridized carbons (Fsp3) is 0.154. The van der Waals surface area contributed by atoms with Gasteiger partial charge < -0.3 is 10.1 Å². The second-order valence-corrected chi connectivity index (χ2v) is 8.60. The second kappa shape index (κ2) is 10.1. The van der Waals surface area contributed by atoms with Crippen LogP contribution in [0.15, 0.2) is 72.9 Å². The van der Waals surface area contributed by atoms with Gasteiger partial charge in [-0.25, -0.2) is 0 Å². The number of hydrogen-bond acceptors (Lipinski definition) is 3. The minimum atomic E-state index is -0.279. The van der Waals surface area contributed by atoms with Crippen LogP contribution in [0.3, 0.4) is 0 Å². The van der Waals surface area contributed by atoms with Gasteiger partial charge in [-0.3, -0.25) is 9.48 Å². The molecule has 4 aromatic rings. The Morgan fingerprint density at radius 2 is 1.64 bits per heavy atom. The van der Waals surface area contributed by atoms with Crippen LogP contribution in [0.4, 0.5) is 5.82 Å². The number of amides is 1. The van der Waals surface area contributed by atoms with Crippen LogP contribution in [0.5, 0.6) is 5.75 Å². The number of anilines is 1. The number of carbonyl (C=O) groups is 1. The van der Waals surface area contributed by atoms with Gasteiger partial charge in [0.2, 0.25) is 0 Å². The van der Waals surface area contributed by atoms with Gasteiger partial charge in [-0.15, -0.1) is 0 Å². The van der Waals surface area contributed by atoms with Crippen LogP contribution in [0.2, 0.25) is 10.0 Å². The lowest BCUT2D eigenvalue weighted by molar-refractivity contribution is 0.102. The number of benzene rings is 3. The van der Waals surface area contributed by atoms with Crippen molar-refractivity contribution in [2.24, 2.45) is 0 Å². The Morgan fingerprint density at radius 3 is 2.30 bits per heavy atom. The number of nitrogens with one attached hydrogen (secondary N) is 1. The van der Waals surface area contributed by atoms with E-state index in [9.17, 15) is 4.79 Å². The Balaban J connectivity index is 1.37. The van der Waals surface area contributed by atoms with Crippen LogP contribution >= 0.6 is 23.2 Å². The van der Waals surface area contributed by atoms with Crippen molar-refractivity contribution in [3.05, 3.63) is 111 Å². The lowest BCUT2D eigenvalue weighted by Gasteiger charge is -2.10. The molecule has 168 valence electrons. The van der Waals surface area contributed by atoms with Gasteiger partial charge in [0.05, 0.1) is 6.54 Å². The maximum Gasteiger partial charge on any atom is 0.256 e.